The first-order valence-electron chi connectivity index (χ1n) is 11.3. The molecule has 0 saturated carbocycles. The summed E-state index contributed by atoms with van der Waals surface area (Å²) < 4.78 is 0. The molecule has 2 atom stereocenters. The van der Waals surface area contributed by atoms with Crippen molar-refractivity contribution >= 4 is 27.4 Å². The van der Waals surface area contributed by atoms with Crippen LogP contribution in [0.25, 0.3) is 21.3 Å². The fourth-order valence-corrected chi connectivity index (χ4v) is 6.30. The number of aromatic nitrogens is 2. The summed E-state index contributed by atoms with van der Waals surface area (Å²) >= 11 is 1.66. The van der Waals surface area contributed by atoms with Crippen LogP contribution in [0.1, 0.15) is 30.0 Å². The summed E-state index contributed by atoms with van der Waals surface area (Å²) in [4.78, 5) is 12.9. The highest BCUT2D eigenvalue weighted by Gasteiger charge is 2.40. The number of nitrogens with zero attached hydrogens (tertiary/aromatic N) is 3. The zero-order valence-electron chi connectivity index (χ0n) is 17.8. The van der Waals surface area contributed by atoms with Crippen molar-refractivity contribution in [3.8, 4) is 11.1 Å². The Balaban J connectivity index is 1.56. The summed E-state index contributed by atoms with van der Waals surface area (Å²) in [5.74, 6) is 0.947. The average molecular weight is 443 g/mol. The van der Waals surface area contributed by atoms with Crippen molar-refractivity contribution < 1.29 is 5.11 Å². The van der Waals surface area contributed by atoms with Crippen molar-refractivity contribution in [2.24, 2.45) is 0 Å². The molecule has 0 bridgehead atoms. The van der Waals surface area contributed by atoms with Gasteiger partial charge in [0.25, 0.3) is 0 Å². The number of fused-ring (bicyclic) bond motifs is 2. The molecular weight excluding hydrogens is 416 g/mol. The maximum Gasteiger partial charge on any atom is 0.142 e. The molecule has 0 radical (unpaired) electrons. The molecule has 1 aliphatic heterocycles. The average Bonchev–Trinajstić information content (AvgIpc) is 3.42. The molecule has 162 valence electrons. The van der Waals surface area contributed by atoms with E-state index in [0.717, 1.165) is 42.0 Å². The van der Waals surface area contributed by atoms with Gasteiger partial charge in [-0.2, -0.15) is 0 Å². The van der Waals surface area contributed by atoms with Crippen LogP contribution in [0.4, 0.5) is 5.82 Å². The van der Waals surface area contributed by atoms with Crippen LogP contribution in [0.2, 0.25) is 0 Å². The van der Waals surface area contributed by atoms with Gasteiger partial charge in [0.15, 0.2) is 0 Å². The van der Waals surface area contributed by atoms with Gasteiger partial charge in [-0.05, 0) is 42.6 Å². The molecule has 32 heavy (non-hydrogen) atoms. The maximum atomic E-state index is 11.3. The number of aliphatic hydroxyl groups is 1. The van der Waals surface area contributed by atoms with E-state index in [-0.39, 0.29) is 6.04 Å². The summed E-state index contributed by atoms with van der Waals surface area (Å²) in [6, 6.07) is 19.2. The van der Waals surface area contributed by atoms with Crippen LogP contribution in [-0.2, 0) is 6.42 Å². The Morgan fingerprint density at radius 2 is 1.75 bits per heavy atom. The third kappa shape index (κ3) is 3.30. The summed E-state index contributed by atoms with van der Waals surface area (Å²) in [5.41, 5.74) is 4.80. The molecule has 0 spiro atoms. The number of hydrogen-bond acceptors (Lipinski definition) is 6. The van der Waals surface area contributed by atoms with Crippen LogP contribution in [0, 0.1) is 0 Å². The number of rotatable bonds is 4. The molecule has 2 unspecified atom stereocenters. The van der Waals surface area contributed by atoms with E-state index < -0.39 is 6.10 Å². The van der Waals surface area contributed by atoms with Gasteiger partial charge in [0, 0.05) is 23.4 Å². The van der Waals surface area contributed by atoms with Crippen molar-refractivity contribution in [2.45, 2.75) is 37.5 Å². The van der Waals surface area contributed by atoms with Gasteiger partial charge in [-0.3, -0.25) is 0 Å². The van der Waals surface area contributed by atoms with Crippen LogP contribution in [-0.4, -0.2) is 40.3 Å². The highest BCUT2D eigenvalue weighted by Crippen LogP contribution is 2.45. The van der Waals surface area contributed by atoms with Crippen molar-refractivity contribution in [1.82, 2.24) is 15.3 Å². The number of anilines is 1. The molecule has 6 heteroatoms. The molecular formula is C26H26N4OS. The molecule has 5 nitrogen and oxygen atoms in total. The summed E-state index contributed by atoms with van der Waals surface area (Å²) in [6.07, 6.45) is 3.98. The predicted molar refractivity (Wildman–Crippen MR) is 130 cm³/mol. The zero-order valence-corrected chi connectivity index (χ0v) is 18.6. The number of benzene rings is 2. The normalized spacial score (nSPS) is 21.0. The van der Waals surface area contributed by atoms with Gasteiger partial charge in [-0.1, -0.05) is 54.6 Å². The topological polar surface area (TPSA) is 61.3 Å². The molecule has 3 heterocycles. The Labute approximate surface area is 191 Å². The van der Waals surface area contributed by atoms with Gasteiger partial charge in [-0.25, -0.2) is 9.97 Å². The van der Waals surface area contributed by atoms with Crippen LogP contribution < -0.4 is 10.2 Å². The number of hydrogen-bond donors (Lipinski definition) is 2. The first-order chi connectivity index (χ1) is 15.8. The fraction of sp³-hybridized carbons (Fsp3) is 0.308. The lowest BCUT2D eigenvalue weighted by Crippen LogP contribution is -2.47. The highest BCUT2D eigenvalue weighted by molar-refractivity contribution is 7.17. The van der Waals surface area contributed by atoms with E-state index in [9.17, 15) is 5.11 Å². The summed E-state index contributed by atoms with van der Waals surface area (Å²) in [6.45, 7) is 1.96. The van der Waals surface area contributed by atoms with Crippen molar-refractivity contribution in [1.29, 1.82) is 0 Å². The standard InChI is InChI=1S/C26H26N4OS/c31-22-14-18-8-4-5-9-20(18)24(22)30(19-10-12-27-13-11-19)25-23-21(17-6-2-1-3-7-17)15-32-26(23)29-16-28-25/h1-9,15-16,19,22,24,27,31H,10-14H2. The fourth-order valence-electron chi connectivity index (χ4n) is 5.39. The van der Waals surface area contributed by atoms with Crippen LogP contribution in [0.5, 0.6) is 0 Å². The largest absolute Gasteiger partial charge is 0.390 e. The molecule has 2 N–H and O–H groups in total. The van der Waals surface area contributed by atoms with Crippen molar-refractivity contribution in [2.75, 3.05) is 18.0 Å². The second-order valence-electron chi connectivity index (χ2n) is 8.70. The molecule has 2 aromatic heterocycles. The van der Waals surface area contributed by atoms with E-state index in [1.807, 2.05) is 6.07 Å². The number of piperidine rings is 1. The van der Waals surface area contributed by atoms with Gasteiger partial charge < -0.3 is 15.3 Å². The second kappa shape index (κ2) is 8.28. The van der Waals surface area contributed by atoms with E-state index in [0.29, 0.717) is 12.5 Å². The minimum Gasteiger partial charge on any atom is -0.390 e. The second-order valence-corrected chi connectivity index (χ2v) is 9.55. The van der Waals surface area contributed by atoms with E-state index in [1.54, 1.807) is 17.7 Å². The third-order valence-corrected chi connectivity index (χ3v) is 7.73. The number of nitrogens with one attached hydrogen (secondary N) is 1. The Morgan fingerprint density at radius 3 is 2.59 bits per heavy atom. The minimum atomic E-state index is -0.453. The third-order valence-electron chi connectivity index (χ3n) is 6.85. The van der Waals surface area contributed by atoms with Crippen LogP contribution >= 0.6 is 11.3 Å². The number of thiophene rings is 1. The quantitative estimate of drug-likeness (QED) is 0.485. The Hall–Kier alpha value is -2.80. The molecule has 1 aliphatic carbocycles. The Kier molecular flexibility index (Phi) is 5.14. The van der Waals surface area contributed by atoms with E-state index >= 15 is 0 Å². The van der Waals surface area contributed by atoms with Crippen LogP contribution in [0.3, 0.4) is 0 Å². The van der Waals surface area contributed by atoms with Gasteiger partial charge in [0.1, 0.15) is 17.0 Å². The molecule has 0 amide bonds. The summed E-state index contributed by atoms with van der Waals surface area (Å²) in [7, 11) is 0. The molecule has 6 rings (SSSR count). The van der Waals surface area contributed by atoms with Crippen molar-refractivity contribution in [3.63, 3.8) is 0 Å². The monoisotopic (exact) mass is 442 g/mol. The van der Waals surface area contributed by atoms with E-state index in [4.69, 9.17) is 4.98 Å². The lowest BCUT2D eigenvalue weighted by molar-refractivity contribution is 0.147. The Bertz CT molecular complexity index is 1240. The lowest BCUT2D eigenvalue weighted by atomic mass is 9.97. The lowest BCUT2D eigenvalue weighted by Gasteiger charge is -2.41. The Morgan fingerprint density at radius 1 is 0.969 bits per heavy atom. The number of aliphatic hydroxyl groups excluding tert-OH is 1. The van der Waals surface area contributed by atoms with Gasteiger partial charge >= 0.3 is 0 Å². The highest BCUT2D eigenvalue weighted by atomic mass is 32.1. The van der Waals surface area contributed by atoms with Crippen LogP contribution in [0.15, 0.2) is 66.3 Å². The van der Waals surface area contributed by atoms with Gasteiger partial charge in [-0.15, -0.1) is 11.3 Å². The molecule has 1 saturated heterocycles. The zero-order chi connectivity index (χ0) is 21.5. The predicted octanol–water partition coefficient (Wildman–Crippen LogP) is 4.58. The smallest absolute Gasteiger partial charge is 0.142 e. The maximum absolute atomic E-state index is 11.3. The summed E-state index contributed by atoms with van der Waals surface area (Å²) in [5, 5.41) is 18.1. The molecule has 2 aliphatic rings. The van der Waals surface area contributed by atoms with Gasteiger partial charge in [0.2, 0.25) is 0 Å². The molecule has 2 aromatic carbocycles. The first kappa shape index (κ1) is 19.9. The van der Waals surface area contributed by atoms with Crippen molar-refractivity contribution in [3.05, 3.63) is 77.4 Å². The van der Waals surface area contributed by atoms with Gasteiger partial charge in [0.05, 0.1) is 17.5 Å². The molecule has 1 fully saturated rings. The van der Waals surface area contributed by atoms with E-state index in [1.165, 1.54) is 22.3 Å². The first-order valence-corrected chi connectivity index (χ1v) is 12.2. The van der Waals surface area contributed by atoms with E-state index in [2.05, 4.69) is 69.1 Å². The minimum absolute atomic E-state index is 0.101. The molecule has 4 aromatic rings. The SMILES string of the molecule is OC1Cc2ccccc2C1N(c1ncnc2scc(-c3ccccc3)c12)C1CCNCC1.